The first kappa shape index (κ1) is 20.5. The van der Waals surface area contributed by atoms with Gasteiger partial charge in [-0.3, -0.25) is 14.5 Å². The fourth-order valence-corrected chi connectivity index (χ4v) is 4.31. The first-order valence-corrected chi connectivity index (χ1v) is 10.7. The van der Waals surface area contributed by atoms with Crippen molar-refractivity contribution in [1.82, 2.24) is 24.9 Å². The Hall–Kier alpha value is -2.74. The van der Waals surface area contributed by atoms with E-state index in [0.29, 0.717) is 37.9 Å². The van der Waals surface area contributed by atoms with Crippen LogP contribution in [0, 0.1) is 0 Å². The predicted octanol–water partition coefficient (Wildman–Crippen LogP) is 1.46. The lowest BCUT2D eigenvalue weighted by molar-refractivity contribution is -0.130. The van der Waals surface area contributed by atoms with Gasteiger partial charge in [-0.15, -0.1) is 10.2 Å². The van der Waals surface area contributed by atoms with Crippen LogP contribution in [-0.4, -0.2) is 95.1 Å². The zero-order valence-corrected chi connectivity index (χ0v) is 18.0. The van der Waals surface area contributed by atoms with Crippen molar-refractivity contribution in [2.45, 2.75) is 26.8 Å². The summed E-state index contributed by atoms with van der Waals surface area (Å²) in [5, 5.41) is 10.7. The van der Waals surface area contributed by atoms with Gasteiger partial charge in [0.15, 0.2) is 11.5 Å². The molecule has 0 bridgehead atoms. The van der Waals surface area contributed by atoms with Crippen LogP contribution in [0.15, 0.2) is 24.3 Å². The van der Waals surface area contributed by atoms with Gasteiger partial charge in [0.2, 0.25) is 5.91 Å². The Morgan fingerprint density at radius 2 is 1.43 bits per heavy atom. The Labute approximate surface area is 177 Å². The minimum atomic E-state index is -0.113. The van der Waals surface area contributed by atoms with Crippen molar-refractivity contribution in [3.63, 3.8) is 0 Å². The number of carbonyl (C=O) groups is 2. The minimum Gasteiger partial charge on any atom is -0.352 e. The molecular formula is C22H30N6O2. The maximum absolute atomic E-state index is 13.2. The van der Waals surface area contributed by atoms with Crippen molar-refractivity contribution in [2.24, 2.45) is 0 Å². The number of piperazine rings is 2. The number of fused-ring (bicyclic) bond motifs is 1. The van der Waals surface area contributed by atoms with Crippen molar-refractivity contribution >= 4 is 28.4 Å². The van der Waals surface area contributed by atoms with Crippen LogP contribution in [0.2, 0.25) is 0 Å². The predicted molar refractivity (Wildman–Crippen MR) is 117 cm³/mol. The fourth-order valence-electron chi connectivity index (χ4n) is 4.31. The van der Waals surface area contributed by atoms with E-state index >= 15 is 0 Å². The van der Waals surface area contributed by atoms with Gasteiger partial charge in [-0.2, -0.15) is 0 Å². The zero-order chi connectivity index (χ0) is 21.3. The molecule has 0 saturated carbocycles. The lowest BCUT2D eigenvalue weighted by Crippen LogP contribution is -2.50. The molecule has 3 heterocycles. The Morgan fingerprint density at radius 1 is 0.833 bits per heavy atom. The average molecular weight is 411 g/mol. The van der Waals surface area contributed by atoms with Gasteiger partial charge in [-0.25, -0.2) is 0 Å². The van der Waals surface area contributed by atoms with Crippen molar-refractivity contribution < 1.29 is 9.59 Å². The summed E-state index contributed by atoms with van der Waals surface area (Å²) >= 11 is 0. The number of aromatic nitrogens is 2. The Kier molecular flexibility index (Phi) is 5.85. The molecule has 0 atom stereocenters. The summed E-state index contributed by atoms with van der Waals surface area (Å²) < 4.78 is 0. The molecule has 30 heavy (non-hydrogen) atoms. The summed E-state index contributed by atoms with van der Waals surface area (Å²) in [5.41, 5.74) is 0.395. The van der Waals surface area contributed by atoms with Crippen LogP contribution >= 0.6 is 0 Å². The van der Waals surface area contributed by atoms with Crippen molar-refractivity contribution in [2.75, 3.05) is 57.3 Å². The number of hydrogen-bond donors (Lipinski definition) is 0. The maximum Gasteiger partial charge on any atom is 0.275 e. The minimum absolute atomic E-state index is 0.0502. The van der Waals surface area contributed by atoms with Gasteiger partial charge in [0.05, 0.1) is 0 Å². The molecule has 0 aliphatic carbocycles. The second-order valence-corrected chi connectivity index (χ2v) is 8.33. The third-order valence-corrected chi connectivity index (χ3v) is 6.23. The number of hydrogen-bond acceptors (Lipinski definition) is 6. The monoisotopic (exact) mass is 410 g/mol. The molecule has 4 rings (SSSR count). The zero-order valence-electron chi connectivity index (χ0n) is 18.0. The lowest BCUT2D eigenvalue weighted by atomic mass is 10.1. The first-order chi connectivity index (χ1) is 14.5. The van der Waals surface area contributed by atoms with Gasteiger partial charge in [0.25, 0.3) is 5.91 Å². The molecule has 2 fully saturated rings. The molecule has 2 saturated heterocycles. The molecule has 2 aliphatic heterocycles. The average Bonchev–Trinajstić information content (AvgIpc) is 2.78. The largest absolute Gasteiger partial charge is 0.352 e. The van der Waals surface area contributed by atoms with Crippen LogP contribution in [-0.2, 0) is 4.79 Å². The number of amides is 2. The number of rotatable bonds is 3. The highest BCUT2D eigenvalue weighted by Crippen LogP contribution is 2.27. The quantitative estimate of drug-likeness (QED) is 0.763. The van der Waals surface area contributed by atoms with Gasteiger partial charge in [-0.05, 0) is 13.8 Å². The molecule has 8 nitrogen and oxygen atoms in total. The molecule has 2 aliphatic rings. The van der Waals surface area contributed by atoms with E-state index in [4.69, 9.17) is 0 Å². The number of nitrogens with zero attached hydrogens (tertiary/aromatic N) is 6. The Balaban J connectivity index is 1.57. The molecule has 0 N–H and O–H groups in total. The summed E-state index contributed by atoms with van der Waals surface area (Å²) in [5.74, 6) is 0.791. The van der Waals surface area contributed by atoms with E-state index in [-0.39, 0.29) is 11.8 Å². The maximum atomic E-state index is 13.2. The highest BCUT2D eigenvalue weighted by Gasteiger charge is 2.27. The van der Waals surface area contributed by atoms with Crippen molar-refractivity contribution in [1.29, 1.82) is 0 Å². The van der Waals surface area contributed by atoms with Crippen LogP contribution in [0.3, 0.4) is 0 Å². The summed E-state index contributed by atoms with van der Waals surface area (Å²) in [6.45, 7) is 12.0. The Morgan fingerprint density at radius 3 is 2.03 bits per heavy atom. The Bertz CT molecular complexity index is 930. The second-order valence-electron chi connectivity index (χ2n) is 8.33. The van der Waals surface area contributed by atoms with E-state index in [2.05, 4.69) is 33.8 Å². The molecular weight excluding hydrogens is 380 g/mol. The standard InChI is InChI=1S/C22H30N6O2/c1-16(2)25-8-12-27(13-9-25)21-19-7-5-4-6-18(19)20(23-24-21)22(30)28-14-10-26(11-15-28)17(3)29/h4-7,16H,8-15H2,1-3H3. The normalized spacial score (nSPS) is 18.3. The number of carbonyl (C=O) groups excluding carboxylic acids is 2. The van der Waals surface area contributed by atoms with Gasteiger partial charge >= 0.3 is 0 Å². The van der Waals surface area contributed by atoms with Crippen LogP contribution in [0.4, 0.5) is 5.82 Å². The van der Waals surface area contributed by atoms with E-state index in [1.165, 1.54) is 0 Å². The van der Waals surface area contributed by atoms with Gasteiger partial charge in [-0.1, -0.05) is 24.3 Å². The summed E-state index contributed by atoms with van der Waals surface area (Å²) in [6, 6.07) is 8.45. The summed E-state index contributed by atoms with van der Waals surface area (Å²) in [4.78, 5) is 33.0. The van der Waals surface area contributed by atoms with E-state index in [1.54, 1.807) is 16.7 Å². The smallest absolute Gasteiger partial charge is 0.275 e. The van der Waals surface area contributed by atoms with E-state index < -0.39 is 0 Å². The second kappa shape index (κ2) is 8.55. The van der Waals surface area contributed by atoms with Crippen molar-refractivity contribution in [3.05, 3.63) is 30.0 Å². The van der Waals surface area contributed by atoms with Gasteiger partial charge in [0.1, 0.15) is 0 Å². The molecule has 1 aromatic heterocycles. The van der Waals surface area contributed by atoms with Crippen LogP contribution in [0.25, 0.3) is 10.8 Å². The summed E-state index contributed by atoms with van der Waals surface area (Å²) in [7, 11) is 0. The van der Waals surface area contributed by atoms with Crippen LogP contribution in [0.1, 0.15) is 31.3 Å². The first-order valence-electron chi connectivity index (χ1n) is 10.7. The van der Waals surface area contributed by atoms with Gasteiger partial charge in [0, 0.05) is 76.1 Å². The highest BCUT2D eigenvalue weighted by molar-refractivity contribution is 6.07. The third-order valence-electron chi connectivity index (χ3n) is 6.23. The van der Waals surface area contributed by atoms with E-state index in [9.17, 15) is 9.59 Å². The molecule has 160 valence electrons. The number of anilines is 1. The highest BCUT2D eigenvalue weighted by atomic mass is 16.2. The molecule has 2 amide bonds. The van der Waals surface area contributed by atoms with E-state index in [1.807, 2.05) is 24.3 Å². The van der Waals surface area contributed by atoms with Gasteiger partial charge < -0.3 is 14.7 Å². The molecule has 1 aromatic carbocycles. The van der Waals surface area contributed by atoms with Crippen LogP contribution < -0.4 is 4.90 Å². The molecule has 2 aromatic rings. The molecule has 0 radical (unpaired) electrons. The molecule has 8 heteroatoms. The van der Waals surface area contributed by atoms with E-state index in [0.717, 1.165) is 42.8 Å². The molecule has 0 spiro atoms. The SMILES string of the molecule is CC(=O)N1CCN(C(=O)c2nnc(N3CCN(C(C)C)CC3)c3ccccc23)CC1. The topological polar surface area (TPSA) is 72.9 Å². The lowest BCUT2D eigenvalue weighted by Gasteiger charge is -2.37. The fraction of sp³-hybridized carbons (Fsp3) is 0.545. The van der Waals surface area contributed by atoms with Crippen molar-refractivity contribution in [3.8, 4) is 0 Å². The number of benzene rings is 1. The van der Waals surface area contributed by atoms with Crippen LogP contribution in [0.5, 0.6) is 0 Å². The summed E-state index contributed by atoms with van der Waals surface area (Å²) in [6.07, 6.45) is 0. The third kappa shape index (κ3) is 3.96. The molecule has 0 unspecified atom stereocenters.